The van der Waals surface area contributed by atoms with Crippen molar-refractivity contribution in [3.8, 4) is 11.6 Å². The minimum atomic E-state index is -3.66. The van der Waals surface area contributed by atoms with Crippen LogP contribution in [0.2, 0.25) is 0 Å². The monoisotopic (exact) mass is 392 g/mol. The predicted molar refractivity (Wildman–Crippen MR) is 102 cm³/mol. The van der Waals surface area contributed by atoms with E-state index in [1.807, 2.05) is 25.1 Å². The molecule has 1 atom stereocenters. The Morgan fingerprint density at radius 2 is 1.93 bits per heavy atom. The number of hydrogen-bond donors (Lipinski definition) is 0. The van der Waals surface area contributed by atoms with Crippen LogP contribution in [-0.4, -0.2) is 63.3 Å². The predicted octanol–water partition coefficient (Wildman–Crippen LogP) is 1.78. The van der Waals surface area contributed by atoms with Gasteiger partial charge in [0.15, 0.2) is 5.82 Å². The Morgan fingerprint density at radius 1 is 1.15 bits per heavy atom. The van der Waals surface area contributed by atoms with E-state index in [0.717, 1.165) is 12.2 Å². The van der Waals surface area contributed by atoms with Gasteiger partial charge in [-0.1, -0.05) is 12.1 Å². The standard InChI is InChI=1S/C18H24N4O4S/c1-21(2)17-10-11-18(20-19-17)26-14-7-6-12-22(13-14)27(23,24)16-9-5-4-8-15(16)25-3/h4-5,8-11,14H,6-7,12-13H2,1-3H3. The summed E-state index contributed by atoms with van der Waals surface area (Å²) in [6.07, 6.45) is 1.19. The van der Waals surface area contributed by atoms with Gasteiger partial charge >= 0.3 is 0 Å². The van der Waals surface area contributed by atoms with Crippen molar-refractivity contribution < 1.29 is 17.9 Å². The van der Waals surface area contributed by atoms with E-state index in [1.54, 1.807) is 30.3 Å². The smallest absolute Gasteiger partial charge is 0.246 e. The first-order valence-corrected chi connectivity index (χ1v) is 10.2. The molecule has 1 aliphatic rings. The maximum Gasteiger partial charge on any atom is 0.246 e. The zero-order valence-electron chi connectivity index (χ0n) is 15.7. The topological polar surface area (TPSA) is 84.9 Å². The third kappa shape index (κ3) is 4.30. The van der Waals surface area contributed by atoms with Crippen LogP contribution in [-0.2, 0) is 10.0 Å². The number of benzene rings is 1. The van der Waals surface area contributed by atoms with Crippen molar-refractivity contribution in [3.63, 3.8) is 0 Å². The van der Waals surface area contributed by atoms with E-state index in [4.69, 9.17) is 9.47 Å². The lowest BCUT2D eigenvalue weighted by atomic mass is 10.1. The number of methoxy groups -OCH3 is 1. The molecule has 3 rings (SSSR count). The Bertz CT molecular complexity index is 871. The molecule has 1 unspecified atom stereocenters. The molecule has 2 aromatic rings. The second kappa shape index (κ2) is 8.10. The van der Waals surface area contributed by atoms with Crippen molar-refractivity contribution in [3.05, 3.63) is 36.4 Å². The maximum atomic E-state index is 13.0. The minimum absolute atomic E-state index is 0.170. The van der Waals surface area contributed by atoms with Gasteiger partial charge in [-0.2, -0.15) is 4.31 Å². The van der Waals surface area contributed by atoms with Gasteiger partial charge in [-0.05, 0) is 31.0 Å². The second-order valence-corrected chi connectivity index (χ2v) is 8.43. The molecule has 0 spiro atoms. The lowest BCUT2D eigenvalue weighted by Gasteiger charge is -2.32. The quantitative estimate of drug-likeness (QED) is 0.741. The molecule has 1 aromatic heterocycles. The van der Waals surface area contributed by atoms with Crippen molar-refractivity contribution in [2.45, 2.75) is 23.8 Å². The molecule has 27 heavy (non-hydrogen) atoms. The Kier molecular flexibility index (Phi) is 5.81. The first-order chi connectivity index (χ1) is 12.9. The molecule has 1 fully saturated rings. The molecule has 1 saturated heterocycles. The normalized spacial score (nSPS) is 18.1. The fourth-order valence-electron chi connectivity index (χ4n) is 2.98. The maximum absolute atomic E-state index is 13.0. The molecule has 1 aromatic carbocycles. The highest BCUT2D eigenvalue weighted by Gasteiger charge is 2.33. The first-order valence-electron chi connectivity index (χ1n) is 8.72. The van der Waals surface area contributed by atoms with Crippen LogP contribution in [0.4, 0.5) is 5.82 Å². The Hall–Kier alpha value is -2.39. The number of ether oxygens (including phenoxy) is 2. The SMILES string of the molecule is COc1ccccc1S(=O)(=O)N1CCCC(Oc2ccc(N(C)C)nn2)C1. The zero-order chi connectivity index (χ0) is 19.4. The number of anilines is 1. The molecule has 2 heterocycles. The average Bonchev–Trinajstić information content (AvgIpc) is 2.68. The Labute approximate surface area is 159 Å². The Balaban J connectivity index is 1.73. The zero-order valence-corrected chi connectivity index (χ0v) is 16.5. The number of nitrogens with zero attached hydrogens (tertiary/aromatic N) is 4. The van der Waals surface area contributed by atoms with E-state index in [-0.39, 0.29) is 17.5 Å². The van der Waals surface area contributed by atoms with Crippen LogP contribution < -0.4 is 14.4 Å². The van der Waals surface area contributed by atoms with Gasteiger partial charge in [0.1, 0.15) is 16.7 Å². The number of para-hydroxylation sites is 1. The molecule has 0 saturated carbocycles. The van der Waals surface area contributed by atoms with Crippen LogP contribution in [0.1, 0.15) is 12.8 Å². The summed E-state index contributed by atoms with van der Waals surface area (Å²) in [6.45, 7) is 0.711. The highest BCUT2D eigenvalue weighted by atomic mass is 32.2. The van der Waals surface area contributed by atoms with Crippen LogP contribution in [0, 0.1) is 0 Å². The van der Waals surface area contributed by atoms with E-state index in [0.29, 0.717) is 24.6 Å². The summed E-state index contributed by atoms with van der Waals surface area (Å²) in [7, 11) is 1.56. The molecule has 1 aliphatic heterocycles. The third-order valence-corrected chi connectivity index (χ3v) is 6.30. The molecule has 0 N–H and O–H groups in total. The van der Waals surface area contributed by atoms with Gasteiger partial charge in [0.25, 0.3) is 0 Å². The molecule has 8 nitrogen and oxygen atoms in total. The van der Waals surface area contributed by atoms with Gasteiger partial charge in [0.2, 0.25) is 15.9 Å². The van der Waals surface area contributed by atoms with E-state index >= 15 is 0 Å². The number of rotatable bonds is 6. The lowest BCUT2D eigenvalue weighted by molar-refractivity contribution is 0.123. The molecule has 9 heteroatoms. The molecular weight excluding hydrogens is 368 g/mol. The summed E-state index contributed by atoms with van der Waals surface area (Å²) < 4.78 is 38.6. The molecule has 0 bridgehead atoms. The fourth-order valence-corrected chi connectivity index (χ4v) is 4.64. The molecule has 0 amide bonds. The third-order valence-electron chi connectivity index (χ3n) is 4.40. The van der Waals surface area contributed by atoms with Gasteiger partial charge in [-0.25, -0.2) is 8.42 Å². The fraction of sp³-hybridized carbons (Fsp3) is 0.444. The van der Waals surface area contributed by atoms with E-state index in [9.17, 15) is 8.42 Å². The highest BCUT2D eigenvalue weighted by molar-refractivity contribution is 7.89. The van der Waals surface area contributed by atoms with Crippen LogP contribution in [0.15, 0.2) is 41.3 Å². The van der Waals surface area contributed by atoms with Crippen LogP contribution in [0.3, 0.4) is 0 Å². The number of hydrogen-bond acceptors (Lipinski definition) is 7. The van der Waals surface area contributed by atoms with Crippen LogP contribution >= 0.6 is 0 Å². The van der Waals surface area contributed by atoms with Crippen LogP contribution in [0.25, 0.3) is 0 Å². The number of aromatic nitrogens is 2. The largest absolute Gasteiger partial charge is 0.495 e. The summed E-state index contributed by atoms with van der Waals surface area (Å²) >= 11 is 0. The number of sulfonamides is 1. The van der Waals surface area contributed by atoms with Crippen molar-refractivity contribution in [2.24, 2.45) is 0 Å². The summed E-state index contributed by atoms with van der Waals surface area (Å²) in [5.41, 5.74) is 0. The summed E-state index contributed by atoms with van der Waals surface area (Å²) in [5.74, 6) is 1.46. The first kappa shape index (κ1) is 19.4. The van der Waals surface area contributed by atoms with E-state index in [1.165, 1.54) is 11.4 Å². The van der Waals surface area contributed by atoms with Crippen LogP contribution in [0.5, 0.6) is 11.6 Å². The van der Waals surface area contributed by atoms with Gasteiger partial charge in [-0.15, -0.1) is 10.2 Å². The molecule has 0 radical (unpaired) electrons. The van der Waals surface area contributed by atoms with Gasteiger partial charge in [0.05, 0.1) is 13.7 Å². The lowest BCUT2D eigenvalue weighted by Crippen LogP contribution is -2.44. The van der Waals surface area contributed by atoms with Crippen molar-refractivity contribution in [1.82, 2.24) is 14.5 Å². The average molecular weight is 392 g/mol. The van der Waals surface area contributed by atoms with Crippen molar-refractivity contribution >= 4 is 15.8 Å². The van der Waals surface area contributed by atoms with Gasteiger partial charge < -0.3 is 14.4 Å². The molecule has 146 valence electrons. The Morgan fingerprint density at radius 3 is 2.59 bits per heavy atom. The van der Waals surface area contributed by atoms with Crippen molar-refractivity contribution in [2.75, 3.05) is 39.2 Å². The van der Waals surface area contributed by atoms with Gasteiger partial charge in [-0.3, -0.25) is 0 Å². The summed E-state index contributed by atoms with van der Waals surface area (Å²) in [4.78, 5) is 2.02. The summed E-state index contributed by atoms with van der Waals surface area (Å²) in [5, 5.41) is 8.15. The van der Waals surface area contributed by atoms with E-state index < -0.39 is 10.0 Å². The summed E-state index contributed by atoms with van der Waals surface area (Å²) in [6, 6.07) is 10.2. The highest BCUT2D eigenvalue weighted by Crippen LogP contribution is 2.29. The van der Waals surface area contributed by atoms with Gasteiger partial charge in [0, 0.05) is 26.7 Å². The molecule has 0 aliphatic carbocycles. The number of piperidine rings is 1. The second-order valence-electron chi connectivity index (χ2n) is 6.52. The minimum Gasteiger partial charge on any atom is -0.495 e. The van der Waals surface area contributed by atoms with Crippen molar-refractivity contribution in [1.29, 1.82) is 0 Å². The molecular formula is C18H24N4O4S. The van der Waals surface area contributed by atoms with E-state index in [2.05, 4.69) is 10.2 Å².